The Hall–Kier alpha value is -1.82. The summed E-state index contributed by atoms with van der Waals surface area (Å²) in [6.45, 7) is 0. The van der Waals surface area contributed by atoms with Gasteiger partial charge in [-0.05, 0) is 50.0 Å². The molecule has 0 N–H and O–H groups in total. The van der Waals surface area contributed by atoms with Crippen LogP contribution in [0, 0.1) is 11.6 Å². The first-order chi connectivity index (χ1) is 13.0. The molecule has 0 saturated heterocycles. The second-order valence-electron chi connectivity index (χ2n) is 6.11. The number of hydrogen-bond donors (Lipinski definition) is 2. The van der Waals surface area contributed by atoms with Crippen molar-refractivity contribution in [3.05, 3.63) is 82.8 Å². The van der Waals surface area contributed by atoms with Crippen LogP contribution >= 0.6 is 41.2 Å². The molecule has 0 aliphatic rings. The van der Waals surface area contributed by atoms with Gasteiger partial charge in [-0.25, -0.2) is 8.78 Å². The predicted octanol–water partition coefficient (Wildman–Crippen LogP) is 7.79. The monoisotopic (exact) mass is 458 g/mol. The molecule has 5 heteroatoms. The van der Waals surface area contributed by atoms with E-state index in [-0.39, 0.29) is 11.6 Å². The van der Waals surface area contributed by atoms with Gasteiger partial charge in [0.2, 0.25) is 0 Å². The van der Waals surface area contributed by atoms with E-state index in [1.165, 1.54) is 6.07 Å². The van der Waals surface area contributed by atoms with Crippen LogP contribution in [0.2, 0.25) is 0 Å². The second kappa shape index (κ2) is 7.30. The van der Waals surface area contributed by atoms with Gasteiger partial charge in [-0.15, -0.1) is 25.3 Å². The average molecular weight is 459 g/mol. The fourth-order valence-electron chi connectivity index (χ4n) is 3.23. The van der Waals surface area contributed by atoms with E-state index in [0.29, 0.717) is 36.5 Å². The van der Waals surface area contributed by atoms with E-state index in [9.17, 15) is 4.39 Å². The molecule has 27 heavy (non-hydrogen) atoms. The Morgan fingerprint density at radius 1 is 0.704 bits per heavy atom. The van der Waals surface area contributed by atoms with E-state index in [1.807, 2.05) is 24.3 Å². The van der Waals surface area contributed by atoms with Crippen molar-refractivity contribution in [3.63, 3.8) is 0 Å². The maximum atomic E-state index is 15.1. The van der Waals surface area contributed by atoms with Crippen LogP contribution in [0.15, 0.2) is 81.0 Å². The Bertz CT molecular complexity index is 1190. The van der Waals surface area contributed by atoms with Crippen molar-refractivity contribution in [1.29, 1.82) is 0 Å². The summed E-state index contributed by atoms with van der Waals surface area (Å²) in [6, 6.07) is 19.3. The Morgan fingerprint density at radius 3 is 2.11 bits per heavy atom. The van der Waals surface area contributed by atoms with Gasteiger partial charge in [-0.1, -0.05) is 54.6 Å². The summed E-state index contributed by atoms with van der Waals surface area (Å²) in [5.41, 5.74) is 2.10. The van der Waals surface area contributed by atoms with Crippen molar-refractivity contribution in [1.82, 2.24) is 0 Å². The molecule has 0 aliphatic carbocycles. The summed E-state index contributed by atoms with van der Waals surface area (Å²) in [5, 5.41) is 1.69. The predicted molar refractivity (Wildman–Crippen MR) is 117 cm³/mol. The Morgan fingerprint density at radius 2 is 1.33 bits per heavy atom. The molecule has 4 rings (SSSR count). The minimum atomic E-state index is -0.365. The molecule has 0 heterocycles. The van der Waals surface area contributed by atoms with Crippen LogP contribution in [0.5, 0.6) is 0 Å². The zero-order chi connectivity index (χ0) is 19.1. The number of halogens is 3. The van der Waals surface area contributed by atoms with Crippen LogP contribution < -0.4 is 0 Å². The minimum Gasteiger partial charge on any atom is -0.206 e. The summed E-state index contributed by atoms with van der Waals surface area (Å²) < 4.78 is 29.6. The van der Waals surface area contributed by atoms with Gasteiger partial charge >= 0.3 is 0 Å². The van der Waals surface area contributed by atoms with E-state index >= 15 is 4.39 Å². The van der Waals surface area contributed by atoms with Crippen LogP contribution in [0.4, 0.5) is 8.78 Å². The lowest BCUT2D eigenvalue weighted by molar-refractivity contribution is 0.626. The summed E-state index contributed by atoms with van der Waals surface area (Å²) in [7, 11) is 0. The third kappa shape index (κ3) is 3.18. The zero-order valence-corrected chi connectivity index (χ0v) is 17.3. The lowest BCUT2D eigenvalue weighted by atomic mass is 9.95. The molecule has 0 aromatic heterocycles. The highest BCUT2D eigenvalue weighted by molar-refractivity contribution is 9.10. The van der Waals surface area contributed by atoms with E-state index < -0.39 is 0 Å². The first kappa shape index (κ1) is 18.5. The molecule has 0 bridgehead atoms. The number of fused-ring (bicyclic) bond motifs is 1. The van der Waals surface area contributed by atoms with Gasteiger partial charge < -0.3 is 0 Å². The largest absolute Gasteiger partial charge is 0.206 e. The minimum absolute atomic E-state index is 0.340. The molecule has 0 unspecified atom stereocenters. The van der Waals surface area contributed by atoms with Crippen LogP contribution in [-0.4, -0.2) is 0 Å². The van der Waals surface area contributed by atoms with Crippen molar-refractivity contribution in [3.8, 4) is 22.3 Å². The molecule has 134 valence electrons. The average Bonchev–Trinajstić information content (AvgIpc) is 2.66. The molecule has 0 saturated carbocycles. The molecular formula is C22H13BrF2S2. The summed E-state index contributed by atoms with van der Waals surface area (Å²) >= 11 is 12.5. The highest BCUT2D eigenvalue weighted by atomic mass is 79.9. The Labute approximate surface area is 175 Å². The quantitative estimate of drug-likeness (QED) is 0.281. The van der Waals surface area contributed by atoms with Gasteiger partial charge in [0.1, 0.15) is 11.6 Å². The molecule has 0 atom stereocenters. The van der Waals surface area contributed by atoms with Crippen molar-refractivity contribution in [2.75, 3.05) is 0 Å². The van der Waals surface area contributed by atoms with Gasteiger partial charge in [-0.2, -0.15) is 0 Å². The van der Waals surface area contributed by atoms with E-state index in [2.05, 4.69) is 41.2 Å². The summed E-state index contributed by atoms with van der Waals surface area (Å²) in [5.74, 6) is -0.706. The lowest BCUT2D eigenvalue weighted by Gasteiger charge is -2.16. The van der Waals surface area contributed by atoms with Gasteiger partial charge in [0.15, 0.2) is 0 Å². The zero-order valence-electron chi connectivity index (χ0n) is 13.9. The van der Waals surface area contributed by atoms with Crippen molar-refractivity contribution in [2.45, 2.75) is 9.79 Å². The first-order valence-electron chi connectivity index (χ1n) is 8.16. The molecule has 4 aromatic carbocycles. The highest BCUT2D eigenvalue weighted by Gasteiger charge is 2.19. The standard InChI is InChI=1S/C22H13BrF2S2/c23-17-11-12-5-1-2-6-13(12)19(20(17)25)16-10-9-15(21(26)22(16)27)14-7-3-4-8-18(14)24/h1-11,26-27H. The number of hydrogen-bond acceptors (Lipinski definition) is 2. The fourth-order valence-corrected chi connectivity index (χ4v) is 4.30. The van der Waals surface area contributed by atoms with E-state index in [1.54, 1.807) is 36.4 Å². The smallest absolute Gasteiger partial charge is 0.145 e. The van der Waals surface area contributed by atoms with Gasteiger partial charge in [0, 0.05) is 20.9 Å². The van der Waals surface area contributed by atoms with Gasteiger partial charge in [0.25, 0.3) is 0 Å². The molecule has 0 radical (unpaired) electrons. The molecular weight excluding hydrogens is 446 g/mol. The maximum Gasteiger partial charge on any atom is 0.145 e. The molecule has 0 spiro atoms. The van der Waals surface area contributed by atoms with Crippen LogP contribution in [0.25, 0.3) is 33.0 Å². The van der Waals surface area contributed by atoms with Crippen molar-refractivity contribution in [2.24, 2.45) is 0 Å². The normalized spacial score (nSPS) is 11.1. The van der Waals surface area contributed by atoms with E-state index in [0.717, 1.165) is 10.8 Å². The van der Waals surface area contributed by atoms with Gasteiger partial charge in [-0.3, -0.25) is 0 Å². The molecule has 4 aromatic rings. The molecule has 0 aliphatic heterocycles. The lowest BCUT2D eigenvalue weighted by Crippen LogP contribution is -1.93. The van der Waals surface area contributed by atoms with E-state index in [4.69, 9.17) is 0 Å². The molecule has 0 amide bonds. The molecule has 0 fully saturated rings. The second-order valence-corrected chi connectivity index (χ2v) is 7.86. The van der Waals surface area contributed by atoms with Crippen molar-refractivity contribution < 1.29 is 8.78 Å². The van der Waals surface area contributed by atoms with Gasteiger partial charge in [0.05, 0.1) is 4.47 Å². The Kier molecular flexibility index (Phi) is 5.01. The SMILES string of the molecule is Fc1ccccc1-c1ccc(-c2c(F)c(Br)cc3ccccc23)c(S)c1S. The van der Waals surface area contributed by atoms with Crippen LogP contribution in [0.3, 0.4) is 0 Å². The maximum absolute atomic E-state index is 15.1. The van der Waals surface area contributed by atoms with Crippen molar-refractivity contribution >= 4 is 52.0 Å². The van der Waals surface area contributed by atoms with Crippen LogP contribution in [0.1, 0.15) is 0 Å². The number of benzene rings is 4. The number of thiol groups is 2. The summed E-state index contributed by atoms with van der Waals surface area (Å²) in [6.07, 6.45) is 0. The molecule has 0 nitrogen and oxygen atoms in total. The highest BCUT2D eigenvalue weighted by Crippen LogP contribution is 2.43. The first-order valence-corrected chi connectivity index (χ1v) is 9.84. The topological polar surface area (TPSA) is 0 Å². The number of rotatable bonds is 2. The fraction of sp³-hybridized carbons (Fsp3) is 0. The Balaban J connectivity index is 2.00. The third-order valence-corrected chi connectivity index (χ3v) is 6.21. The third-order valence-electron chi connectivity index (χ3n) is 4.53. The van der Waals surface area contributed by atoms with Crippen LogP contribution in [-0.2, 0) is 0 Å². The summed E-state index contributed by atoms with van der Waals surface area (Å²) in [4.78, 5) is 1.01.